The van der Waals surface area contributed by atoms with Gasteiger partial charge < -0.3 is 0 Å². The Labute approximate surface area is 85.3 Å². The van der Waals surface area contributed by atoms with Crippen molar-refractivity contribution in [1.29, 1.82) is 5.26 Å². The Morgan fingerprint density at radius 1 is 1.46 bits per heavy atom. The molecular formula is C10H8BrNO. The average Bonchev–Trinajstić information content (AvgIpc) is 2.09. The maximum atomic E-state index is 11.0. The van der Waals surface area contributed by atoms with E-state index >= 15 is 0 Å². The normalized spacial score (nSPS) is 11.8. The van der Waals surface area contributed by atoms with Crippen LogP contribution in [0.15, 0.2) is 28.7 Å². The zero-order chi connectivity index (χ0) is 9.84. The van der Waals surface area contributed by atoms with E-state index in [2.05, 4.69) is 15.9 Å². The van der Waals surface area contributed by atoms with Gasteiger partial charge in [-0.2, -0.15) is 5.26 Å². The summed E-state index contributed by atoms with van der Waals surface area (Å²) in [7, 11) is 0. The van der Waals surface area contributed by atoms with Gasteiger partial charge in [0.05, 0.1) is 6.07 Å². The first-order valence-electron chi connectivity index (χ1n) is 3.80. The van der Waals surface area contributed by atoms with Crippen LogP contribution in [0.5, 0.6) is 0 Å². The fourth-order valence-corrected chi connectivity index (χ4v) is 1.32. The van der Waals surface area contributed by atoms with E-state index in [1.807, 2.05) is 18.2 Å². The van der Waals surface area contributed by atoms with Gasteiger partial charge in [0.25, 0.3) is 0 Å². The fourth-order valence-electron chi connectivity index (χ4n) is 1.06. The van der Waals surface area contributed by atoms with Crippen LogP contribution in [0, 0.1) is 11.3 Å². The molecule has 0 spiro atoms. The molecule has 13 heavy (non-hydrogen) atoms. The molecule has 0 heterocycles. The van der Waals surface area contributed by atoms with Gasteiger partial charge in [0, 0.05) is 4.47 Å². The van der Waals surface area contributed by atoms with Crippen LogP contribution in [0.4, 0.5) is 0 Å². The monoisotopic (exact) mass is 237 g/mol. The van der Waals surface area contributed by atoms with Gasteiger partial charge in [-0.25, -0.2) is 0 Å². The third kappa shape index (κ3) is 2.40. The lowest BCUT2D eigenvalue weighted by Crippen LogP contribution is -2.05. The van der Waals surface area contributed by atoms with E-state index in [0.29, 0.717) is 0 Å². The SMILES string of the molecule is CC(=O)[C@@H](C#N)c1ccc(Br)cc1. The number of Topliss-reactive ketones (excluding diaryl/α,β-unsaturated/α-hetero) is 1. The number of hydrogen-bond acceptors (Lipinski definition) is 2. The van der Waals surface area contributed by atoms with Crippen molar-refractivity contribution in [2.45, 2.75) is 12.8 Å². The molecule has 0 unspecified atom stereocenters. The molecule has 66 valence electrons. The van der Waals surface area contributed by atoms with Crippen molar-refractivity contribution in [2.75, 3.05) is 0 Å². The summed E-state index contributed by atoms with van der Waals surface area (Å²) in [5.41, 5.74) is 0.748. The minimum atomic E-state index is -0.631. The maximum Gasteiger partial charge on any atom is 0.151 e. The van der Waals surface area contributed by atoms with Gasteiger partial charge in [-0.3, -0.25) is 4.79 Å². The molecule has 0 aliphatic carbocycles. The summed E-state index contributed by atoms with van der Waals surface area (Å²) in [5, 5.41) is 8.74. The van der Waals surface area contributed by atoms with E-state index in [4.69, 9.17) is 5.26 Å². The number of nitriles is 1. The second-order valence-electron chi connectivity index (χ2n) is 2.72. The second kappa shape index (κ2) is 4.20. The first kappa shape index (κ1) is 9.94. The van der Waals surface area contributed by atoms with Gasteiger partial charge in [-0.05, 0) is 24.6 Å². The minimum Gasteiger partial charge on any atom is -0.298 e. The molecule has 1 atom stereocenters. The maximum absolute atomic E-state index is 11.0. The quantitative estimate of drug-likeness (QED) is 0.794. The molecule has 1 aromatic rings. The summed E-state index contributed by atoms with van der Waals surface area (Å²) in [4.78, 5) is 11.0. The summed E-state index contributed by atoms with van der Waals surface area (Å²) in [5.74, 6) is -0.752. The number of carbonyl (C=O) groups excluding carboxylic acids is 1. The summed E-state index contributed by atoms with van der Waals surface area (Å²) in [6.07, 6.45) is 0. The average molecular weight is 238 g/mol. The van der Waals surface area contributed by atoms with Gasteiger partial charge in [-0.15, -0.1) is 0 Å². The van der Waals surface area contributed by atoms with E-state index < -0.39 is 5.92 Å². The highest BCUT2D eigenvalue weighted by molar-refractivity contribution is 9.10. The number of carbonyl (C=O) groups is 1. The standard InChI is InChI=1S/C10H8BrNO/c1-7(13)10(6-12)8-2-4-9(11)5-3-8/h2-5,10H,1H3/t10-/m1/s1. The van der Waals surface area contributed by atoms with Crippen molar-refractivity contribution >= 4 is 21.7 Å². The molecule has 0 radical (unpaired) electrons. The second-order valence-corrected chi connectivity index (χ2v) is 3.64. The predicted molar refractivity (Wildman–Crippen MR) is 53.2 cm³/mol. The Morgan fingerprint density at radius 2 is 2.00 bits per heavy atom. The molecule has 0 fully saturated rings. The van der Waals surface area contributed by atoms with Crippen LogP contribution < -0.4 is 0 Å². The van der Waals surface area contributed by atoms with Gasteiger partial charge in [-0.1, -0.05) is 28.1 Å². The lowest BCUT2D eigenvalue weighted by atomic mass is 9.97. The van der Waals surface area contributed by atoms with Gasteiger partial charge in [0.1, 0.15) is 5.92 Å². The summed E-state index contributed by atoms with van der Waals surface area (Å²) in [6, 6.07) is 9.17. The molecule has 1 aromatic carbocycles. The smallest absolute Gasteiger partial charge is 0.151 e. The van der Waals surface area contributed by atoms with Gasteiger partial charge in [0.15, 0.2) is 5.78 Å². The highest BCUT2D eigenvalue weighted by Crippen LogP contribution is 2.18. The number of rotatable bonds is 2. The number of ketones is 1. The molecule has 0 aromatic heterocycles. The molecule has 0 aliphatic heterocycles. The molecule has 0 aliphatic rings. The number of halogens is 1. The Bertz CT molecular complexity index is 350. The first-order valence-corrected chi connectivity index (χ1v) is 4.60. The van der Waals surface area contributed by atoms with E-state index in [9.17, 15) is 4.79 Å². The zero-order valence-electron chi connectivity index (χ0n) is 7.12. The first-order chi connectivity index (χ1) is 6.15. The largest absolute Gasteiger partial charge is 0.298 e. The van der Waals surface area contributed by atoms with E-state index in [-0.39, 0.29) is 5.78 Å². The molecular weight excluding hydrogens is 230 g/mol. The fraction of sp³-hybridized carbons (Fsp3) is 0.200. The minimum absolute atomic E-state index is 0.121. The molecule has 3 heteroatoms. The lowest BCUT2D eigenvalue weighted by Gasteiger charge is -2.04. The highest BCUT2D eigenvalue weighted by atomic mass is 79.9. The third-order valence-electron chi connectivity index (χ3n) is 1.74. The van der Waals surface area contributed by atoms with Crippen LogP contribution >= 0.6 is 15.9 Å². The lowest BCUT2D eigenvalue weighted by molar-refractivity contribution is -0.117. The molecule has 0 saturated carbocycles. The van der Waals surface area contributed by atoms with E-state index in [1.165, 1.54) is 6.92 Å². The predicted octanol–water partition coefficient (Wildman–Crippen LogP) is 2.65. The van der Waals surface area contributed by atoms with Crippen molar-refractivity contribution in [3.8, 4) is 6.07 Å². The van der Waals surface area contributed by atoms with Crippen LogP contribution in [0.2, 0.25) is 0 Å². The van der Waals surface area contributed by atoms with Crippen molar-refractivity contribution in [2.24, 2.45) is 0 Å². The van der Waals surface area contributed by atoms with E-state index in [1.54, 1.807) is 12.1 Å². The summed E-state index contributed by atoms with van der Waals surface area (Å²) in [6.45, 7) is 1.43. The van der Waals surface area contributed by atoms with Crippen LogP contribution in [0.25, 0.3) is 0 Å². The third-order valence-corrected chi connectivity index (χ3v) is 2.27. The zero-order valence-corrected chi connectivity index (χ0v) is 8.71. The Morgan fingerprint density at radius 3 is 2.38 bits per heavy atom. The molecule has 0 amide bonds. The number of benzene rings is 1. The Hall–Kier alpha value is -1.14. The Kier molecular flexibility index (Phi) is 3.21. The topological polar surface area (TPSA) is 40.9 Å². The van der Waals surface area contributed by atoms with Crippen LogP contribution in [0.1, 0.15) is 18.4 Å². The summed E-state index contributed by atoms with van der Waals surface area (Å²) >= 11 is 3.29. The molecule has 1 rings (SSSR count). The number of nitrogens with zero attached hydrogens (tertiary/aromatic N) is 1. The van der Waals surface area contributed by atoms with Crippen molar-refractivity contribution in [3.63, 3.8) is 0 Å². The molecule has 2 nitrogen and oxygen atoms in total. The Balaban J connectivity index is 3.01. The van der Waals surface area contributed by atoms with Crippen LogP contribution in [-0.4, -0.2) is 5.78 Å². The molecule has 0 saturated heterocycles. The molecule has 0 bridgehead atoms. The van der Waals surface area contributed by atoms with Crippen LogP contribution in [0.3, 0.4) is 0 Å². The van der Waals surface area contributed by atoms with Crippen molar-refractivity contribution < 1.29 is 4.79 Å². The van der Waals surface area contributed by atoms with E-state index in [0.717, 1.165) is 10.0 Å². The van der Waals surface area contributed by atoms with Crippen LogP contribution in [-0.2, 0) is 4.79 Å². The van der Waals surface area contributed by atoms with Crippen molar-refractivity contribution in [1.82, 2.24) is 0 Å². The summed E-state index contributed by atoms with van der Waals surface area (Å²) < 4.78 is 0.941. The van der Waals surface area contributed by atoms with Gasteiger partial charge >= 0.3 is 0 Å². The van der Waals surface area contributed by atoms with Gasteiger partial charge in [0.2, 0.25) is 0 Å². The number of hydrogen-bond donors (Lipinski definition) is 0. The highest BCUT2D eigenvalue weighted by Gasteiger charge is 2.14. The molecule has 0 N–H and O–H groups in total. The van der Waals surface area contributed by atoms with Crippen molar-refractivity contribution in [3.05, 3.63) is 34.3 Å².